The van der Waals surface area contributed by atoms with Gasteiger partial charge in [0.2, 0.25) is 0 Å². The smallest absolute Gasteiger partial charge is 0.335 e. The third-order valence-corrected chi connectivity index (χ3v) is 4.90. The van der Waals surface area contributed by atoms with Crippen LogP contribution in [0.3, 0.4) is 0 Å². The number of benzene rings is 4. The molecule has 0 aromatic heterocycles. The minimum absolute atomic E-state index is 0.0279. The van der Waals surface area contributed by atoms with Crippen molar-refractivity contribution < 1.29 is 45.0 Å². The molecule has 0 saturated heterocycles. The van der Waals surface area contributed by atoms with E-state index in [-0.39, 0.29) is 33.9 Å². The summed E-state index contributed by atoms with van der Waals surface area (Å²) < 4.78 is 0. The maximum Gasteiger partial charge on any atom is 0.335 e. The van der Waals surface area contributed by atoms with Crippen molar-refractivity contribution in [2.24, 2.45) is 0 Å². The first-order chi connectivity index (χ1) is 16.9. The predicted octanol–water partition coefficient (Wildman–Crippen LogP) is 5.04. The van der Waals surface area contributed by atoms with Gasteiger partial charge in [0.25, 0.3) is 0 Å². The summed E-state index contributed by atoms with van der Waals surface area (Å²) in [7, 11) is 0. The lowest BCUT2D eigenvalue weighted by Gasteiger charge is -2.03. The van der Waals surface area contributed by atoms with Crippen molar-refractivity contribution in [2.45, 2.75) is 13.8 Å². The molecule has 0 aliphatic heterocycles. The second kappa shape index (κ2) is 11.9. The largest absolute Gasteiger partial charge is 0.508 e. The van der Waals surface area contributed by atoms with Crippen LogP contribution in [0.4, 0.5) is 0 Å². The first-order valence-corrected chi connectivity index (χ1v) is 10.4. The number of carboxylic acid groups (broad SMARTS) is 3. The molecule has 0 amide bonds. The molecule has 6 N–H and O–H groups in total. The van der Waals surface area contributed by atoms with Crippen molar-refractivity contribution in [3.63, 3.8) is 0 Å². The van der Waals surface area contributed by atoms with Crippen molar-refractivity contribution in [2.75, 3.05) is 0 Å². The number of aromatic carboxylic acids is 3. The highest BCUT2D eigenvalue weighted by Crippen LogP contribution is 2.23. The van der Waals surface area contributed by atoms with Crippen molar-refractivity contribution >= 4 is 28.7 Å². The number of rotatable bonds is 3. The maximum atomic E-state index is 10.7. The highest BCUT2D eigenvalue weighted by molar-refractivity contribution is 5.94. The molecule has 0 bridgehead atoms. The summed E-state index contributed by atoms with van der Waals surface area (Å²) in [5, 5.41) is 54.7. The second-order valence-electron chi connectivity index (χ2n) is 7.67. The Kier molecular flexibility index (Phi) is 8.98. The van der Waals surface area contributed by atoms with Gasteiger partial charge in [-0.1, -0.05) is 18.2 Å². The number of carboxylic acids is 3. The van der Waals surface area contributed by atoms with Gasteiger partial charge in [0, 0.05) is 0 Å². The van der Waals surface area contributed by atoms with E-state index in [0.717, 1.165) is 10.8 Å². The molecule has 0 heterocycles. The number of carbonyl (C=O) groups is 3. The predicted molar refractivity (Wildman–Crippen MR) is 132 cm³/mol. The van der Waals surface area contributed by atoms with E-state index >= 15 is 0 Å². The molecule has 0 aliphatic carbocycles. The lowest BCUT2D eigenvalue weighted by molar-refractivity contribution is 0.0686. The average molecular weight is 492 g/mol. The van der Waals surface area contributed by atoms with Crippen LogP contribution in [0.15, 0.2) is 72.8 Å². The number of phenols is 3. The highest BCUT2D eigenvalue weighted by Gasteiger charge is 2.08. The Morgan fingerprint density at radius 3 is 1.50 bits per heavy atom. The molecule has 186 valence electrons. The third-order valence-electron chi connectivity index (χ3n) is 4.90. The third kappa shape index (κ3) is 7.49. The van der Waals surface area contributed by atoms with Gasteiger partial charge in [-0.3, -0.25) is 0 Å². The van der Waals surface area contributed by atoms with Crippen LogP contribution in [0.1, 0.15) is 42.2 Å². The van der Waals surface area contributed by atoms with Gasteiger partial charge in [-0.15, -0.1) is 0 Å². The van der Waals surface area contributed by atoms with Gasteiger partial charge in [-0.25, -0.2) is 14.4 Å². The van der Waals surface area contributed by atoms with E-state index in [4.69, 9.17) is 20.4 Å². The van der Waals surface area contributed by atoms with Gasteiger partial charge < -0.3 is 30.6 Å². The van der Waals surface area contributed by atoms with Crippen molar-refractivity contribution in [3.05, 3.63) is 101 Å². The van der Waals surface area contributed by atoms with E-state index in [1.165, 1.54) is 48.5 Å². The summed E-state index contributed by atoms with van der Waals surface area (Å²) in [6.45, 7) is 3.35. The average Bonchev–Trinajstić information content (AvgIpc) is 2.82. The minimum atomic E-state index is -1.03. The summed E-state index contributed by atoms with van der Waals surface area (Å²) in [4.78, 5) is 31.4. The first-order valence-electron chi connectivity index (χ1n) is 10.4. The van der Waals surface area contributed by atoms with Gasteiger partial charge >= 0.3 is 17.9 Å². The fourth-order valence-corrected chi connectivity index (χ4v) is 3.08. The number of phenolic OH excluding ortho intramolecular Hbond substituents is 3. The lowest BCUT2D eigenvalue weighted by atomic mass is 10.1. The fourth-order valence-electron chi connectivity index (χ4n) is 3.08. The summed E-state index contributed by atoms with van der Waals surface area (Å²) in [6, 6.07) is 18.0. The number of hydrogen-bond acceptors (Lipinski definition) is 6. The van der Waals surface area contributed by atoms with Crippen LogP contribution < -0.4 is 0 Å². The van der Waals surface area contributed by atoms with E-state index in [0.29, 0.717) is 11.1 Å². The first kappa shape index (κ1) is 27.2. The zero-order valence-corrected chi connectivity index (χ0v) is 19.3. The quantitative estimate of drug-likeness (QED) is 0.229. The Morgan fingerprint density at radius 2 is 1.00 bits per heavy atom. The van der Waals surface area contributed by atoms with E-state index in [2.05, 4.69) is 0 Å². The number of aryl methyl sites for hydroxylation is 2. The molecule has 0 unspecified atom stereocenters. The summed E-state index contributed by atoms with van der Waals surface area (Å²) in [5.41, 5.74) is 1.74. The lowest BCUT2D eigenvalue weighted by Crippen LogP contribution is -1.97. The standard InChI is InChI=1S/C11H8O3.C9H10O3.C7H6O3/c12-10-4-3-7-5-9(11(13)14)2-1-8(7)6-10;1-5-3-7(9(11)12)4-6(2)8(5)10;8-6-3-1-2-5(4-6)7(9)10/h1-6,12H,(H,13,14);3-4,10H,1-2H3,(H,11,12);1-4,8H,(H,9,10). The van der Waals surface area contributed by atoms with E-state index in [9.17, 15) is 24.6 Å². The summed E-state index contributed by atoms with van der Waals surface area (Å²) in [6.07, 6.45) is 0. The van der Waals surface area contributed by atoms with Gasteiger partial charge in [0.1, 0.15) is 17.2 Å². The molecular weight excluding hydrogens is 468 g/mol. The van der Waals surface area contributed by atoms with Crippen molar-refractivity contribution in [1.29, 1.82) is 0 Å². The van der Waals surface area contributed by atoms with Crippen LogP contribution in [-0.4, -0.2) is 48.5 Å². The Hall–Kier alpha value is -5.05. The molecule has 9 nitrogen and oxygen atoms in total. The minimum Gasteiger partial charge on any atom is -0.508 e. The van der Waals surface area contributed by atoms with Crippen LogP contribution >= 0.6 is 0 Å². The molecule has 4 rings (SSSR count). The van der Waals surface area contributed by atoms with Gasteiger partial charge in [0.05, 0.1) is 16.7 Å². The number of fused-ring (bicyclic) bond motifs is 1. The molecule has 4 aromatic rings. The topological polar surface area (TPSA) is 173 Å². The van der Waals surface area contributed by atoms with E-state index in [1.54, 1.807) is 38.1 Å². The second-order valence-corrected chi connectivity index (χ2v) is 7.67. The number of aromatic hydroxyl groups is 3. The van der Waals surface area contributed by atoms with Gasteiger partial charge in [0.15, 0.2) is 0 Å². The molecule has 4 aromatic carbocycles. The maximum absolute atomic E-state index is 10.7. The Morgan fingerprint density at radius 1 is 0.528 bits per heavy atom. The van der Waals surface area contributed by atoms with E-state index < -0.39 is 17.9 Å². The molecule has 0 radical (unpaired) electrons. The van der Waals surface area contributed by atoms with Gasteiger partial charge in [-0.05, 0) is 90.3 Å². The monoisotopic (exact) mass is 492 g/mol. The Labute approximate surface area is 205 Å². The molecule has 0 aliphatic rings. The molecule has 0 atom stereocenters. The Balaban J connectivity index is 0.000000193. The molecule has 0 fully saturated rings. The van der Waals surface area contributed by atoms with Crippen molar-refractivity contribution in [1.82, 2.24) is 0 Å². The van der Waals surface area contributed by atoms with Crippen LogP contribution in [0, 0.1) is 13.8 Å². The number of hydrogen-bond donors (Lipinski definition) is 6. The fraction of sp³-hybridized carbons (Fsp3) is 0.0741. The molecule has 9 heteroatoms. The van der Waals surface area contributed by atoms with Crippen LogP contribution in [0.25, 0.3) is 10.8 Å². The molecule has 36 heavy (non-hydrogen) atoms. The normalized spacial score (nSPS) is 9.83. The zero-order chi connectivity index (χ0) is 27.0. The molecular formula is C27H24O9. The molecule has 0 spiro atoms. The highest BCUT2D eigenvalue weighted by atomic mass is 16.4. The SMILES string of the molecule is Cc1cc(C(=O)O)cc(C)c1O.O=C(O)c1ccc2cc(O)ccc2c1.O=C(O)c1cccc(O)c1. The van der Waals surface area contributed by atoms with Crippen LogP contribution in [0.2, 0.25) is 0 Å². The van der Waals surface area contributed by atoms with Crippen molar-refractivity contribution in [3.8, 4) is 17.2 Å². The zero-order valence-electron chi connectivity index (χ0n) is 19.3. The van der Waals surface area contributed by atoms with E-state index in [1.807, 2.05) is 0 Å². The molecule has 0 saturated carbocycles. The van der Waals surface area contributed by atoms with Gasteiger partial charge in [-0.2, -0.15) is 0 Å². The summed E-state index contributed by atoms with van der Waals surface area (Å²) >= 11 is 0. The Bertz CT molecular complexity index is 1400. The van der Waals surface area contributed by atoms with Crippen LogP contribution in [0.5, 0.6) is 17.2 Å². The summed E-state index contributed by atoms with van der Waals surface area (Å²) in [5.74, 6) is -2.63. The van der Waals surface area contributed by atoms with Crippen LogP contribution in [-0.2, 0) is 0 Å².